The van der Waals surface area contributed by atoms with Crippen molar-refractivity contribution in [3.8, 4) is 0 Å². The molecule has 0 spiro atoms. The Morgan fingerprint density at radius 2 is 1.95 bits per heavy atom. The summed E-state index contributed by atoms with van der Waals surface area (Å²) in [5, 5.41) is 2.53. The van der Waals surface area contributed by atoms with Crippen molar-refractivity contribution in [3.63, 3.8) is 0 Å². The van der Waals surface area contributed by atoms with E-state index in [1.165, 1.54) is 0 Å². The first kappa shape index (κ1) is 15.3. The predicted octanol–water partition coefficient (Wildman–Crippen LogP) is 3.70. The third kappa shape index (κ3) is 3.72. The zero-order chi connectivity index (χ0) is 15.6. The van der Waals surface area contributed by atoms with Gasteiger partial charge in [-0.3, -0.25) is 9.78 Å². The minimum Gasteiger partial charge on any atom is -0.399 e. The number of nitrogen functional groups attached to an aromatic ring is 1. The van der Waals surface area contributed by atoms with Gasteiger partial charge in [0.15, 0.2) is 0 Å². The van der Waals surface area contributed by atoms with Gasteiger partial charge in [0.1, 0.15) is 5.69 Å². The Labute approximate surface area is 126 Å². The number of pyridine rings is 1. The van der Waals surface area contributed by atoms with E-state index in [4.69, 9.17) is 5.73 Å². The average Bonchev–Trinajstić information content (AvgIpc) is 2.41. The Bertz CT molecular complexity index is 671. The van der Waals surface area contributed by atoms with Crippen molar-refractivity contribution in [2.45, 2.75) is 6.18 Å². The molecular formula is C13H9BrF3N3O. The van der Waals surface area contributed by atoms with Crippen LogP contribution in [0.5, 0.6) is 0 Å². The number of benzene rings is 1. The van der Waals surface area contributed by atoms with Gasteiger partial charge in [-0.15, -0.1) is 0 Å². The van der Waals surface area contributed by atoms with E-state index in [1.807, 2.05) is 0 Å². The molecule has 0 saturated heterocycles. The number of amides is 1. The number of aromatic nitrogens is 1. The molecule has 0 radical (unpaired) electrons. The normalized spacial score (nSPS) is 11.2. The lowest BCUT2D eigenvalue weighted by molar-refractivity contribution is -0.137. The molecule has 0 bridgehead atoms. The van der Waals surface area contributed by atoms with Crippen molar-refractivity contribution in [1.82, 2.24) is 4.98 Å². The number of nitrogens with two attached hydrogens (primary N) is 1. The number of carbonyl (C=O) groups is 1. The second kappa shape index (κ2) is 5.72. The standard InChI is InChI=1S/C13H9BrF3N3O/c14-9-5-8(18)2-4-10(9)20-12(21)11-3-1-7(6-19-11)13(15,16)17/h1-6H,18H2,(H,20,21). The van der Waals surface area contributed by atoms with Crippen LogP contribution in [0.3, 0.4) is 0 Å². The summed E-state index contributed by atoms with van der Waals surface area (Å²) in [4.78, 5) is 15.4. The molecule has 0 aliphatic rings. The highest BCUT2D eigenvalue weighted by molar-refractivity contribution is 9.10. The highest BCUT2D eigenvalue weighted by atomic mass is 79.9. The number of hydrogen-bond acceptors (Lipinski definition) is 3. The van der Waals surface area contributed by atoms with Gasteiger partial charge in [0.05, 0.1) is 11.3 Å². The Morgan fingerprint density at radius 3 is 2.48 bits per heavy atom. The molecule has 1 heterocycles. The van der Waals surface area contributed by atoms with E-state index in [1.54, 1.807) is 18.2 Å². The molecule has 0 aliphatic heterocycles. The summed E-state index contributed by atoms with van der Waals surface area (Å²) in [6.45, 7) is 0. The maximum absolute atomic E-state index is 12.4. The largest absolute Gasteiger partial charge is 0.417 e. The maximum atomic E-state index is 12.4. The molecule has 0 unspecified atom stereocenters. The van der Waals surface area contributed by atoms with Crippen LogP contribution in [0, 0.1) is 0 Å². The Hall–Kier alpha value is -2.09. The number of anilines is 2. The second-order valence-electron chi connectivity index (χ2n) is 4.12. The molecule has 0 atom stereocenters. The quantitative estimate of drug-likeness (QED) is 0.803. The molecule has 4 nitrogen and oxygen atoms in total. The SMILES string of the molecule is Nc1ccc(NC(=O)c2ccc(C(F)(F)F)cn2)c(Br)c1. The van der Waals surface area contributed by atoms with Crippen molar-refractivity contribution in [3.05, 3.63) is 52.3 Å². The zero-order valence-electron chi connectivity index (χ0n) is 10.4. The number of alkyl halides is 3. The fraction of sp³-hybridized carbons (Fsp3) is 0.0769. The summed E-state index contributed by atoms with van der Waals surface area (Å²) in [5.41, 5.74) is 5.48. The van der Waals surface area contributed by atoms with Gasteiger partial charge < -0.3 is 11.1 Å². The van der Waals surface area contributed by atoms with Crippen LogP contribution in [0.4, 0.5) is 24.5 Å². The summed E-state index contributed by atoms with van der Waals surface area (Å²) >= 11 is 3.22. The lowest BCUT2D eigenvalue weighted by Gasteiger charge is -2.09. The molecule has 21 heavy (non-hydrogen) atoms. The topological polar surface area (TPSA) is 68.0 Å². The van der Waals surface area contributed by atoms with Gasteiger partial charge in [-0.2, -0.15) is 13.2 Å². The van der Waals surface area contributed by atoms with Gasteiger partial charge in [0, 0.05) is 16.4 Å². The van der Waals surface area contributed by atoms with Gasteiger partial charge in [0.2, 0.25) is 0 Å². The molecule has 8 heteroatoms. The molecule has 2 rings (SSSR count). The third-order valence-electron chi connectivity index (χ3n) is 2.56. The lowest BCUT2D eigenvalue weighted by atomic mass is 10.2. The Balaban J connectivity index is 2.17. The molecular weight excluding hydrogens is 351 g/mol. The van der Waals surface area contributed by atoms with Crippen LogP contribution >= 0.6 is 15.9 Å². The van der Waals surface area contributed by atoms with Crippen LogP contribution < -0.4 is 11.1 Å². The van der Waals surface area contributed by atoms with Crippen molar-refractivity contribution in [2.24, 2.45) is 0 Å². The summed E-state index contributed by atoms with van der Waals surface area (Å²) in [5.74, 6) is -0.616. The van der Waals surface area contributed by atoms with E-state index in [0.717, 1.165) is 12.1 Å². The van der Waals surface area contributed by atoms with E-state index in [2.05, 4.69) is 26.2 Å². The van der Waals surface area contributed by atoms with Crippen LogP contribution in [0.25, 0.3) is 0 Å². The fourth-order valence-electron chi connectivity index (χ4n) is 1.51. The van der Waals surface area contributed by atoms with Gasteiger partial charge in [-0.05, 0) is 46.3 Å². The maximum Gasteiger partial charge on any atom is 0.417 e. The summed E-state index contributed by atoms with van der Waals surface area (Å²) in [6, 6.07) is 6.57. The minimum atomic E-state index is -4.48. The highest BCUT2D eigenvalue weighted by Gasteiger charge is 2.30. The molecule has 1 aromatic carbocycles. The van der Waals surface area contributed by atoms with Crippen LogP contribution in [0.15, 0.2) is 41.0 Å². The molecule has 3 N–H and O–H groups in total. The van der Waals surface area contributed by atoms with E-state index in [0.29, 0.717) is 22.0 Å². The van der Waals surface area contributed by atoms with Gasteiger partial charge in [-0.25, -0.2) is 0 Å². The second-order valence-corrected chi connectivity index (χ2v) is 4.98. The molecule has 1 amide bonds. The highest BCUT2D eigenvalue weighted by Crippen LogP contribution is 2.29. The van der Waals surface area contributed by atoms with E-state index >= 15 is 0 Å². The van der Waals surface area contributed by atoms with Crippen molar-refractivity contribution in [1.29, 1.82) is 0 Å². The zero-order valence-corrected chi connectivity index (χ0v) is 12.0. The number of hydrogen-bond donors (Lipinski definition) is 2. The van der Waals surface area contributed by atoms with Gasteiger partial charge in [0.25, 0.3) is 5.91 Å². The van der Waals surface area contributed by atoms with Crippen LogP contribution in [-0.2, 0) is 6.18 Å². The molecule has 0 aliphatic carbocycles. The van der Waals surface area contributed by atoms with Crippen molar-refractivity contribution in [2.75, 3.05) is 11.1 Å². The number of nitrogens with one attached hydrogen (secondary N) is 1. The Kier molecular flexibility index (Phi) is 4.17. The van der Waals surface area contributed by atoms with E-state index < -0.39 is 17.6 Å². The Morgan fingerprint density at radius 1 is 1.24 bits per heavy atom. The number of nitrogens with zero attached hydrogens (tertiary/aromatic N) is 1. The fourth-order valence-corrected chi connectivity index (χ4v) is 2.01. The minimum absolute atomic E-state index is 0.119. The van der Waals surface area contributed by atoms with Crippen LogP contribution in [0.1, 0.15) is 16.1 Å². The number of rotatable bonds is 2. The van der Waals surface area contributed by atoms with Crippen molar-refractivity contribution < 1.29 is 18.0 Å². The number of halogens is 4. The van der Waals surface area contributed by atoms with Gasteiger partial charge in [-0.1, -0.05) is 0 Å². The summed E-state index contributed by atoms with van der Waals surface area (Å²) < 4.78 is 37.8. The monoisotopic (exact) mass is 359 g/mol. The number of carbonyl (C=O) groups excluding carboxylic acids is 1. The first-order valence-electron chi connectivity index (χ1n) is 5.67. The predicted molar refractivity (Wildman–Crippen MR) is 75.7 cm³/mol. The lowest BCUT2D eigenvalue weighted by Crippen LogP contribution is -2.15. The first-order valence-corrected chi connectivity index (χ1v) is 6.46. The van der Waals surface area contributed by atoms with E-state index in [-0.39, 0.29) is 5.69 Å². The smallest absolute Gasteiger partial charge is 0.399 e. The molecule has 0 saturated carbocycles. The van der Waals surface area contributed by atoms with Crippen LogP contribution in [-0.4, -0.2) is 10.9 Å². The van der Waals surface area contributed by atoms with E-state index in [9.17, 15) is 18.0 Å². The average molecular weight is 360 g/mol. The van der Waals surface area contributed by atoms with Crippen LogP contribution in [0.2, 0.25) is 0 Å². The molecule has 0 fully saturated rings. The third-order valence-corrected chi connectivity index (χ3v) is 3.22. The summed E-state index contributed by atoms with van der Waals surface area (Å²) in [7, 11) is 0. The first-order chi connectivity index (χ1) is 9.77. The van der Waals surface area contributed by atoms with Gasteiger partial charge >= 0.3 is 6.18 Å². The molecule has 1 aromatic heterocycles. The molecule has 110 valence electrons. The summed E-state index contributed by atoms with van der Waals surface area (Å²) in [6.07, 6.45) is -3.87. The molecule has 2 aromatic rings. The van der Waals surface area contributed by atoms with Crippen molar-refractivity contribution >= 4 is 33.2 Å².